The first-order valence-corrected chi connectivity index (χ1v) is 5.39. The molecule has 0 aliphatic carbocycles. The fourth-order valence-electron chi connectivity index (χ4n) is 1.30. The topological polar surface area (TPSA) is 64.3 Å². The molecule has 90 valence electrons. The second-order valence-electron chi connectivity index (χ2n) is 4.04. The van der Waals surface area contributed by atoms with E-state index in [1.54, 1.807) is 7.11 Å². The van der Waals surface area contributed by atoms with Crippen LogP contribution in [0.25, 0.3) is 0 Å². The highest BCUT2D eigenvalue weighted by Gasteiger charge is 2.08. The molecule has 1 rings (SSSR count). The number of methoxy groups -OCH3 is 1. The van der Waals surface area contributed by atoms with Gasteiger partial charge in [0.2, 0.25) is 11.8 Å². The molecule has 16 heavy (non-hydrogen) atoms. The molecule has 0 aliphatic heterocycles. The Kier molecular flexibility index (Phi) is 4.49. The van der Waals surface area contributed by atoms with Crippen LogP contribution in [0.15, 0.2) is 6.07 Å². The quantitative estimate of drug-likeness (QED) is 0.807. The van der Waals surface area contributed by atoms with Crippen LogP contribution < -0.4 is 15.4 Å². The van der Waals surface area contributed by atoms with Gasteiger partial charge >= 0.3 is 0 Å². The molecule has 0 saturated heterocycles. The summed E-state index contributed by atoms with van der Waals surface area (Å²) in [6.07, 6.45) is 0.913. The highest BCUT2D eigenvalue weighted by molar-refractivity contribution is 5.33. The molecular formula is C11H20N4O. The number of anilines is 1. The molecule has 0 saturated carbocycles. The monoisotopic (exact) mass is 224 g/mol. The van der Waals surface area contributed by atoms with Crippen molar-refractivity contribution in [2.75, 3.05) is 25.6 Å². The van der Waals surface area contributed by atoms with E-state index in [2.05, 4.69) is 9.97 Å². The number of aromatic nitrogens is 2. The van der Waals surface area contributed by atoms with Crippen molar-refractivity contribution in [1.29, 1.82) is 0 Å². The summed E-state index contributed by atoms with van der Waals surface area (Å²) >= 11 is 0. The van der Waals surface area contributed by atoms with E-state index in [9.17, 15) is 0 Å². The second-order valence-corrected chi connectivity index (χ2v) is 4.04. The predicted octanol–water partition coefficient (Wildman–Crippen LogP) is 0.967. The smallest absolute Gasteiger partial charge is 0.228 e. The van der Waals surface area contributed by atoms with Crippen molar-refractivity contribution in [2.24, 2.45) is 5.73 Å². The van der Waals surface area contributed by atoms with Crippen molar-refractivity contribution in [3.05, 3.63) is 11.8 Å². The lowest BCUT2D eigenvalue weighted by Gasteiger charge is -2.18. The number of rotatable bonds is 5. The van der Waals surface area contributed by atoms with Crippen LogP contribution >= 0.6 is 0 Å². The third kappa shape index (κ3) is 3.66. The number of hydrogen-bond donors (Lipinski definition) is 1. The predicted molar refractivity (Wildman–Crippen MR) is 64.9 cm³/mol. The van der Waals surface area contributed by atoms with Gasteiger partial charge < -0.3 is 15.4 Å². The molecule has 1 aromatic heterocycles. The zero-order chi connectivity index (χ0) is 12.1. The van der Waals surface area contributed by atoms with Crippen LogP contribution in [0.3, 0.4) is 0 Å². The fourth-order valence-corrected chi connectivity index (χ4v) is 1.30. The lowest BCUT2D eigenvalue weighted by atomic mass is 10.2. The summed E-state index contributed by atoms with van der Waals surface area (Å²) < 4.78 is 5.11. The van der Waals surface area contributed by atoms with Gasteiger partial charge in [-0.1, -0.05) is 0 Å². The summed E-state index contributed by atoms with van der Waals surface area (Å²) in [5.41, 5.74) is 6.61. The van der Waals surface area contributed by atoms with E-state index in [1.807, 2.05) is 31.9 Å². The summed E-state index contributed by atoms with van der Waals surface area (Å²) in [4.78, 5) is 10.6. The molecule has 1 atom stereocenters. The Hall–Kier alpha value is -1.36. The maximum atomic E-state index is 5.71. The van der Waals surface area contributed by atoms with E-state index in [4.69, 9.17) is 10.5 Å². The van der Waals surface area contributed by atoms with Gasteiger partial charge in [0.1, 0.15) is 0 Å². The van der Waals surface area contributed by atoms with Crippen LogP contribution in [0.4, 0.5) is 5.95 Å². The molecule has 0 radical (unpaired) electrons. The van der Waals surface area contributed by atoms with E-state index in [1.165, 1.54) is 0 Å². The van der Waals surface area contributed by atoms with Gasteiger partial charge in [-0.3, -0.25) is 0 Å². The van der Waals surface area contributed by atoms with Crippen molar-refractivity contribution < 1.29 is 4.74 Å². The van der Waals surface area contributed by atoms with E-state index in [-0.39, 0.29) is 6.04 Å². The van der Waals surface area contributed by atoms with Gasteiger partial charge in [0.25, 0.3) is 0 Å². The Bertz CT molecular complexity index is 341. The van der Waals surface area contributed by atoms with Crippen LogP contribution in [-0.2, 0) is 0 Å². The summed E-state index contributed by atoms with van der Waals surface area (Å²) in [6.45, 7) is 4.75. The lowest BCUT2D eigenvalue weighted by molar-refractivity contribution is 0.396. The van der Waals surface area contributed by atoms with E-state index < -0.39 is 0 Å². The fraction of sp³-hybridized carbons (Fsp3) is 0.636. The first-order chi connectivity index (χ1) is 7.52. The van der Waals surface area contributed by atoms with Gasteiger partial charge in [0, 0.05) is 31.4 Å². The van der Waals surface area contributed by atoms with Crippen molar-refractivity contribution in [2.45, 2.75) is 26.3 Å². The minimum atomic E-state index is 0.189. The largest absolute Gasteiger partial charge is 0.481 e. The number of aryl methyl sites for hydroxylation is 1. The Labute approximate surface area is 96.6 Å². The third-order valence-corrected chi connectivity index (χ3v) is 2.29. The van der Waals surface area contributed by atoms with Crippen LogP contribution in [0.1, 0.15) is 19.0 Å². The normalized spacial score (nSPS) is 12.3. The van der Waals surface area contributed by atoms with Crippen LogP contribution in [0.2, 0.25) is 0 Å². The number of nitrogens with zero attached hydrogens (tertiary/aromatic N) is 3. The first-order valence-electron chi connectivity index (χ1n) is 5.39. The van der Waals surface area contributed by atoms with Gasteiger partial charge in [-0.15, -0.1) is 0 Å². The van der Waals surface area contributed by atoms with E-state index in [0.29, 0.717) is 11.8 Å². The van der Waals surface area contributed by atoms with Gasteiger partial charge in [0.05, 0.1) is 7.11 Å². The minimum absolute atomic E-state index is 0.189. The molecule has 1 aromatic rings. The van der Waals surface area contributed by atoms with Crippen LogP contribution in [0, 0.1) is 6.92 Å². The molecule has 0 aliphatic rings. The lowest BCUT2D eigenvalue weighted by Crippen LogP contribution is -2.27. The number of hydrogen-bond acceptors (Lipinski definition) is 5. The molecule has 0 spiro atoms. The highest BCUT2D eigenvalue weighted by atomic mass is 16.5. The SMILES string of the molecule is COc1cc(C)nc(N(C)CCC(C)N)n1. The van der Waals surface area contributed by atoms with Crippen LogP contribution in [-0.4, -0.2) is 36.7 Å². The summed E-state index contributed by atoms with van der Waals surface area (Å²) in [6, 6.07) is 2.00. The Morgan fingerprint density at radius 1 is 1.50 bits per heavy atom. The van der Waals surface area contributed by atoms with Crippen molar-refractivity contribution in [3.63, 3.8) is 0 Å². The standard InChI is InChI=1S/C11H20N4O/c1-8(12)5-6-15(3)11-13-9(2)7-10(14-11)16-4/h7-8H,5-6,12H2,1-4H3. The van der Waals surface area contributed by atoms with Gasteiger partial charge in [0.15, 0.2) is 0 Å². The van der Waals surface area contributed by atoms with Gasteiger partial charge in [-0.2, -0.15) is 4.98 Å². The summed E-state index contributed by atoms with van der Waals surface area (Å²) in [5, 5.41) is 0. The van der Waals surface area contributed by atoms with E-state index >= 15 is 0 Å². The molecular weight excluding hydrogens is 204 g/mol. The van der Waals surface area contributed by atoms with Gasteiger partial charge in [-0.25, -0.2) is 4.98 Å². The molecule has 2 N–H and O–H groups in total. The zero-order valence-electron chi connectivity index (χ0n) is 10.4. The maximum absolute atomic E-state index is 5.71. The number of nitrogens with two attached hydrogens (primary N) is 1. The van der Waals surface area contributed by atoms with Gasteiger partial charge in [-0.05, 0) is 20.3 Å². The average molecular weight is 224 g/mol. The summed E-state index contributed by atoms with van der Waals surface area (Å²) in [7, 11) is 3.56. The Balaban J connectivity index is 2.74. The molecule has 5 heteroatoms. The average Bonchev–Trinajstić information content (AvgIpc) is 2.24. The Morgan fingerprint density at radius 3 is 2.75 bits per heavy atom. The molecule has 5 nitrogen and oxygen atoms in total. The molecule has 0 aromatic carbocycles. The van der Waals surface area contributed by atoms with Crippen LogP contribution in [0.5, 0.6) is 5.88 Å². The van der Waals surface area contributed by atoms with Crippen molar-refractivity contribution >= 4 is 5.95 Å². The Morgan fingerprint density at radius 2 is 2.19 bits per heavy atom. The van der Waals surface area contributed by atoms with Crippen molar-refractivity contribution in [3.8, 4) is 5.88 Å². The molecule has 0 amide bonds. The molecule has 1 unspecified atom stereocenters. The van der Waals surface area contributed by atoms with Crippen molar-refractivity contribution in [1.82, 2.24) is 9.97 Å². The summed E-state index contributed by atoms with van der Waals surface area (Å²) in [5.74, 6) is 1.27. The highest BCUT2D eigenvalue weighted by Crippen LogP contribution is 2.14. The third-order valence-electron chi connectivity index (χ3n) is 2.29. The van der Waals surface area contributed by atoms with E-state index in [0.717, 1.165) is 18.7 Å². The maximum Gasteiger partial charge on any atom is 0.228 e. The number of ether oxygens (including phenoxy) is 1. The first kappa shape index (κ1) is 12.7. The minimum Gasteiger partial charge on any atom is -0.481 e. The molecule has 0 bridgehead atoms. The molecule has 0 fully saturated rings. The zero-order valence-corrected chi connectivity index (χ0v) is 10.4. The second kappa shape index (κ2) is 5.65. The molecule has 1 heterocycles.